The smallest absolute Gasteiger partial charge is 0.134 e. The molecular formula is C14H11F4N. The second-order valence-electron chi connectivity index (χ2n) is 4.27. The second kappa shape index (κ2) is 5.01. The molecular weight excluding hydrogens is 258 g/mol. The van der Waals surface area contributed by atoms with Gasteiger partial charge in [0, 0.05) is 17.7 Å². The van der Waals surface area contributed by atoms with E-state index in [9.17, 15) is 17.6 Å². The highest BCUT2D eigenvalue weighted by Crippen LogP contribution is 2.26. The lowest BCUT2D eigenvalue weighted by molar-refractivity contribution is 0.514. The van der Waals surface area contributed by atoms with Crippen molar-refractivity contribution in [2.75, 3.05) is 0 Å². The monoisotopic (exact) mass is 269 g/mol. The second-order valence-corrected chi connectivity index (χ2v) is 4.27. The van der Waals surface area contributed by atoms with Crippen LogP contribution in [0, 0.1) is 30.2 Å². The predicted octanol–water partition coefficient (Wildman–Crippen LogP) is 3.60. The molecule has 2 N–H and O–H groups in total. The molecule has 0 saturated heterocycles. The van der Waals surface area contributed by atoms with Crippen molar-refractivity contribution < 1.29 is 17.6 Å². The summed E-state index contributed by atoms with van der Waals surface area (Å²) >= 11 is 0. The van der Waals surface area contributed by atoms with Crippen LogP contribution in [-0.4, -0.2) is 0 Å². The van der Waals surface area contributed by atoms with Crippen molar-refractivity contribution in [3.63, 3.8) is 0 Å². The van der Waals surface area contributed by atoms with E-state index in [0.717, 1.165) is 6.07 Å². The topological polar surface area (TPSA) is 26.0 Å². The molecule has 0 radical (unpaired) electrons. The molecule has 19 heavy (non-hydrogen) atoms. The van der Waals surface area contributed by atoms with Gasteiger partial charge in [-0.05, 0) is 24.1 Å². The number of hydrogen-bond donors (Lipinski definition) is 1. The number of aryl methyl sites for hydroxylation is 1. The van der Waals surface area contributed by atoms with Gasteiger partial charge in [-0.1, -0.05) is 12.1 Å². The molecule has 1 atom stereocenters. The van der Waals surface area contributed by atoms with Crippen LogP contribution in [-0.2, 0) is 0 Å². The van der Waals surface area contributed by atoms with E-state index < -0.39 is 34.9 Å². The predicted molar refractivity (Wildman–Crippen MR) is 63.5 cm³/mol. The van der Waals surface area contributed by atoms with Gasteiger partial charge >= 0.3 is 0 Å². The zero-order valence-corrected chi connectivity index (χ0v) is 10.1. The van der Waals surface area contributed by atoms with Gasteiger partial charge in [-0.25, -0.2) is 17.6 Å². The van der Waals surface area contributed by atoms with E-state index >= 15 is 0 Å². The summed E-state index contributed by atoms with van der Waals surface area (Å²) in [7, 11) is 0. The van der Waals surface area contributed by atoms with Crippen molar-refractivity contribution >= 4 is 0 Å². The lowest BCUT2D eigenvalue weighted by atomic mass is 9.97. The molecule has 0 spiro atoms. The fraction of sp³-hybridized carbons (Fsp3) is 0.143. The Morgan fingerprint density at radius 2 is 1.47 bits per heavy atom. The van der Waals surface area contributed by atoms with Crippen molar-refractivity contribution in [3.05, 3.63) is 70.3 Å². The highest BCUT2D eigenvalue weighted by molar-refractivity contribution is 5.35. The lowest BCUT2D eigenvalue weighted by Gasteiger charge is -2.15. The Morgan fingerprint density at radius 1 is 0.895 bits per heavy atom. The third kappa shape index (κ3) is 2.61. The van der Waals surface area contributed by atoms with E-state index in [1.54, 1.807) is 6.92 Å². The maximum absolute atomic E-state index is 13.6. The summed E-state index contributed by atoms with van der Waals surface area (Å²) in [6.07, 6.45) is 0. The van der Waals surface area contributed by atoms with Crippen LogP contribution in [0.2, 0.25) is 0 Å². The minimum Gasteiger partial charge on any atom is -0.320 e. The van der Waals surface area contributed by atoms with Gasteiger partial charge in [0.2, 0.25) is 0 Å². The van der Waals surface area contributed by atoms with Gasteiger partial charge in [-0.15, -0.1) is 0 Å². The molecule has 0 amide bonds. The van der Waals surface area contributed by atoms with Crippen LogP contribution in [0.1, 0.15) is 22.7 Å². The average molecular weight is 269 g/mol. The van der Waals surface area contributed by atoms with E-state index in [-0.39, 0.29) is 5.56 Å². The molecule has 0 bridgehead atoms. The molecule has 1 nitrogen and oxygen atoms in total. The number of hydrogen-bond acceptors (Lipinski definition) is 1. The minimum absolute atomic E-state index is 0.215. The first-order chi connectivity index (χ1) is 8.90. The van der Waals surface area contributed by atoms with Crippen LogP contribution in [0.15, 0.2) is 30.3 Å². The molecule has 2 aromatic rings. The fourth-order valence-electron chi connectivity index (χ4n) is 1.82. The molecule has 1 unspecified atom stereocenters. The Bertz CT molecular complexity index is 602. The molecule has 0 aliphatic heterocycles. The Balaban J connectivity index is 2.49. The summed E-state index contributed by atoms with van der Waals surface area (Å²) in [5.74, 6) is -3.73. The number of benzene rings is 2. The molecule has 0 fully saturated rings. The van der Waals surface area contributed by atoms with Crippen molar-refractivity contribution in [2.45, 2.75) is 13.0 Å². The largest absolute Gasteiger partial charge is 0.320 e. The molecule has 100 valence electrons. The van der Waals surface area contributed by atoms with Gasteiger partial charge in [-0.2, -0.15) is 0 Å². The number of nitrogens with two attached hydrogens (primary N) is 1. The van der Waals surface area contributed by atoms with Gasteiger partial charge in [0.1, 0.15) is 23.3 Å². The average Bonchev–Trinajstić information content (AvgIpc) is 2.31. The van der Waals surface area contributed by atoms with Gasteiger partial charge in [0.25, 0.3) is 0 Å². The summed E-state index contributed by atoms with van der Waals surface area (Å²) in [6, 6.07) is 3.94. The first-order valence-electron chi connectivity index (χ1n) is 5.56. The Kier molecular flexibility index (Phi) is 3.57. The van der Waals surface area contributed by atoms with Crippen LogP contribution in [0.3, 0.4) is 0 Å². The van der Waals surface area contributed by atoms with Crippen molar-refractivity contribution in [1.29, 1.82) is 0 Å². The van der Waals surface area contributed by atoms with Crippen molar-refractivity contribution in [3.8, 4) is 0 Å². The summed E-state index contributed by atoms with van der Waals surface area (Å²) in [5, 5.41) is 0. The normalized spacial score (nSPS) is 12.5. The molecule has 0 aliphatic rings. The standard InChI is InChI=1S/C14H11F4N/c1-7-2-3-8(4-10(7)16)14(19)13-11(17)5-9(15)6-12(13)18/h2-6,14H,19H2,1H3. The van der Waals surface area contributed by atoms with E-state index in [1.165, 1.54) is 12.1 Å². The number of halogens is 4. The van der Waals surface area contributed by atoms with Crippen LogP contribution in [0.5, 0.6) is 0 Å². The quantitative estimate of drug-likeness (QED) is 0.828. The maximum Gasteiger partial charge on any atom is 0.134 e. The number of rotatable bonds is 2. The summed E-state index contributed by atoms with van der Waals surface area (Å²) in [5.41, 5.74) is 5.85. The van der Waals surface area contributed by atoms with Crippen molar-refractivity contribution in [2.24, 2.45) is 5.73 Å². The maximum atomic E-state index is 13.6. The first kappa shape index (κ1) is 13.5. The van der Waals surface area contributed by atoms with Crippen molar-refractivity contribution in [1.82, 2.24) is 0 Å². The van der Waals surface area contributed by atoms with E-state index in [1.807, 2.05) is 0 Å². The Labute approximate surface area is 107 Å². The molecule has 2 rings (SSSR count). The first-order valence-corrected chi connectivity index (χ1v) is 5.56. The van der Waals surface area contributed by atoms with Crippen LogP contribution < -0.4 is 5.73 Å². The lowest BCUT2D eigenvalue weighted by Crippen LogP contribution is -2.16. The summed E-state index contributed by atoms with van der Waals surface area (Å²) in [6.45, 7) is 1.56. The van der Waals surface area contributed by atoms with Crippen LogP contribution in [0.4, 0.5) is 17.6 Å². The molecule has 0 aliphatic carbocycles. The SMILES string of the molecule is Cc1ccc(C(N)c2c(F)cc(F)cc2F)cc1F. The third-order valence-corrected chi connectivity index (χ3v) is 2.91. The molecule has 5 heteroatoms. The molecule has 0 saturated carbocycles. The van der Waals surface area contributed by atoms with Gasteiger partial charge in [0.15, 0.2) is 0 Å². The van der Waals surface area contributed by atoms with Gasteiger partial charge in [0.05, 0.1) is 6.04 Å². The molecule has 0 aromatic heterocycles. The Hall–Kier alpha value is -1.88. The highest BCUT2D eigenvalue weighted by Gasteiger charge is 2.20. The minimum atomic E-state index is -1.20. The van der Waals surface area contributed by atoms with E-state index in [2.05, 4.69) is 0 Å². The Morgan fingerprint density at radius 3 is 2.00 bits per heavy atom. The summed E-state index contributed by atoms with van der Waals surface area (Å²) < 4.78 is 53.4. The van der Waals surface area contributed by atoms with Crippen LogP contribution >= 0.6 is 0 Å². The third-order valence-electron chi connectivity index (χ3n) is 2.91. The van der Waals surface area contributed by atoms with E-state index in [0.29, 0.717) is 17.7 Å². The molecule has 0 heterocycles. The van der Waals surface area contributed by atoms with Gasteiger partial charge < -0.3 is 5.73 Å². The zero-order valence-electron chi connectivity index (χ0n) is 10.1. The summed E-state index contributed by atoms with van der Waals surface area (Å²) in [4.78, 5) is 0. The highest BCUT2D eigenvalue weighted by atomic mass is 19.1. The fourth-order valence-corrected chi connectivity index (χ4v) is 1.82. The van der Waals surface area contributed by atoms with Crippen LogP contribution in [0.25, 0.3) is 0 Å². The zero-order chi connectivity index (χ0) is 14.2. The molecule has 2 aromatic carbocycles. The van der Waals surface area contributed by atoms with Gasteiger partial charge in [-0.3, -0.25) is 0 Å². The van der Waals surface area contributed by atoms with E-state index in [4.69, 9.17) is 5.73 Å².